The fourth-order valence-electron chi connectivity index (χ4n) is 3.67. The summed E-state index contributed by atoms with van der Waals surface area (Å²) in [5, 5.41) is 0.797. The highest BCUT2D eigenvalue weighted by atomic mass is 35.5. The van der Waals surface area contributed by atoms with Crippen molar-refractivity contribution < 1.29 is 0 Å². The van der Waals surface area contributed by atoms with Crippen LogP contribution in [0.25, 0.3) is 0 Å². The van der Waals surface area contributed by atoms with Crippen LogP contribution in [0.1, 0.15) is 55.3 Å². The molecule has 0 unspecified atom stereocenters. The van der Waals surface area contributed by atoms with Crippen LogP contribution in [0.5, 0.6) is 0 Å². The molecule has 3 rings (SSSR count). The average Bonchev–Trinajstić information content (AvgIpc) is 2.63. The number of allylic oxidation sites excluding steroid dienone is 2. The Kier molecular flexibility index (Phi) is 6.09. The lowest BCUT2D eigenvalue weighted by Gasteiger charge is -2.26. The zero-order valence-corrected chi connectivity index (χ0v) is 15.2. The third-order valence-electron chi connectivity index (χ3n) is 5.14. The first-order valence-corrected chi connectivity index (χ1v) is 9.44. The first kappa shape index (κ1) is 17.2. The molecule has 0 radical (unpaired) electrons. The Hall–Kier alpha value is -1.60. The van der Waals surface area contributed by atoms with Gasteiger partial charge in [-0.3, -0.25) is 4.98 Å². The number of nitrogens with zero attached hydrogens (tertiary/aromatic N) is 1. The summed E-state index contributed by atoms with van der Waals surface area (Å²) in [6.45, 7) is 2.12. The Labute approximate surface area is 150 Å². The summed E-state index contributed by atoms with van der Waals surface area (Å²) >= 11 is 5.93. The minimum atomic E-state index is 0.698. The Bertz CT molecular complexity index is 649. The van der Waals surface area contributed by atoms with E-state index in [0.717, 1.165) is 23.8 Å². The van der Waals surface area contributed by atoms with Gasteiger partial charge in [0.15, 0.2) is 0 Å². The molecule has 0 amide bonds. The Morgan fingerprint density at radius 1 is 1.00 bits per heavy atom. The van der Waals surface area contributed by atoms with E-state index in [9.17, 15) is 0 Å². The summed E-state index contributed by atoms with van der Waals surface area (Å²) in [5.74, 6) is 1.49. The van der Waals surface area contributed by atoms with Gasteiger partial charge in [-0.15, -0.1) is 0 Å². The van der Waals surface area contributed by atoms with E-state index < -0.39 is 0 Å². The zero-order chi connectivity index (χ0) is 16.8. The fourth-order valence-corrected chi connectivity index (χ4v) is 3.79. The van der Waals surface area contributed by atoms with Crippen LogP contribution in [0.4, 0.5) is 0 Å². The van der Waals surface area contributed by atoms with Crippen LogP contribution >= 0.6 is 11.6 Å². The predicted molar refractivity (Wildman–Crippen MR) is 103 cm³/mol. The van der Waals surface area contributed by atoms with Crippen LogP contribution in [0.15, 0.2) is 54.7 Å². The lowest BCUT2D eigenvalue weighted by atomic mass is 9.79. The van der Waals surface area contributed by atoms with Crippen molar-refractivity contribution in [2.45, 2.75) is 51.4 Å². The van der Waals surface area contributed by atoms with Crippen LogP contribution < -0.4 is 0 Å². The van der Waals surface area contributed by atoms with Crippen molar-refractivity contribution in [2.75, 3.05) is 0 Å². The van der Waals surface area contributed by atoms with Gasteiger partial charge in [0, 0.05) is 16.9 Å². The summed E-state index contributed by atoms with van der Waals surface area (Å²) in [6, 6.07) is 12.6. The third kappa shape index (κ3) is 4.70. The zero-order valence-electron chi connectivity index (χ0n) is 14.4. The number of halogens is 1. The van der Waals surface area contributed by atoms with Gasteiger partial charge in [0.25, 0.3) is 0 Å². The number of rotatable bonds is 5. The number of pyridine rings is 1. The second-order valence-corrected chi connectivity index (χ2v) is 7.28. The van der Waals surface area contributed by atoms with Crippen molar-refractivity contribution in [2.24, 2.45) is 5.92 Å². The molecule has 0 bridgehead atoms. The van der Waals surface area contributed by atoms with Gasteiger partial charge in [-0.2, -0.15) is 0 Å². The SMILES string of the molecule is CC=CC1CCC(c2ccc(CCc3ccc(Cl)cc3)nc2)CC1. The van der Waals surface area contributed by atoms with Gasteiger partial charge >= 0.3 is 0 Å². The molecule has 0 N–H and O–H groups in total. The molecule has 1 saturated carbocycles. The van der Waals surface area contributed by atoms with Crippen LogP contribution in [0.2, 0.25) is 5.02 Å². The molecule has 2 heteroatoms. The number of aryl methyl sites for hydroxylation is 2. The lowest BCUT2D eigenvalue weighted by molar-refractivity contribution is 0.375. The van der Waals surface area contributed by atoms with E-state index in [2.05, 4.69) is 49.5 Å². The van der Waals surface area contributed by atoms with Gasteiger partial charge in [0.2, 0.25) is 0 Å². The number of hydrogen-bond donors (Lipinski definition) is 0. The van der Waals surface area contributed by atoms with Gasteiger partial charge in [0.05, 0.1) is 0 Å². The molecule has 126 valence electrons. The van der Waals surface area contributed by atoms with Crippen LogP contribution in [0, 0.1) is 5.92 Å². The van der Waals surface area contributed by atoms with E-state index in [4.69, 9.17) is 16.6 Å². The second kappa shape index (κ2) is 8.48. The summed E-state index contributed by atoms with van der Waals surface area (Å²) in [7, 11) is 0. The monoisotopic (exact) mass is 339 g/mol. The van der Waals surface area contributed by atoms with Crippen LogP contribution in [0.3, 0.4) is 0 Å². The van der Waals surface area contributed by atoms with Gasteiger partial charge < -0.3 is 0 Å². The topological polar surface area (TPSA) is 12.9 Å². The summed E-state index contributed by atoms with van der Waals surface area (Å²) < 4.78 is 0. The molecule has 1 aromatic heterocycles. The standard InChI is InChI=1S/C22H26ClN/c1-2-3-17-4-9-19(10-5-17)20-11-15-22(24-16-20)14-8-18-6-12-21(23)13-7-18/h2-3,6-7,11-13,15-17,19H,4-5,8-10,14H2,1H3. The van der Waals surface area contributed by atoms with Crippen molar-refractivity contribution in [3.63, 3.8) is 0 Å². The number of benzene rings is 1. The first-order valence-electron chi connectivity index (χ1n) is 9.06. The molecule has 1 fully saturated rings. The predicted octanol–water partition coefficient (Wildman–Crippen LogP) is 6.37. The largest absolute Gasteiger partial charge is 0.261 e. The summed E-state index contributed by atoms with van der Waals surface area (Å²) in [4.78, 5) is 4.70. The number of aromatic nitrogens is 1. The first-order chi connectivity index (χ1) is 11.7. The number of hydrogen-bond acceptors (Lipinski definition) is 1. The minimum Gasteiger partial charge on any atom is -0.261 e. The molecular weight excluding hydrogens is 314 g/mol. The minimum absolute atomic E-state index is 0.698. The van der Waals surface area contributed by atoms with E-state index in [0.29, 0.717) is 5.92 Å². The Morgan fingerprint density at radius 3 is 2.38 bits per heavy atom. The van der Waals surface area contributed by atoms with Crippen molar-refractivity contribution in [3.05, 3.63) is 76.6 Å². The Morgan fingerprint density at radius 2 is 1.75 bits per heavy atom. The van der Waals surface area contributed by atoms with E-state index in [1.165, 1.54) is 42.5 Å². The molecule has 0 saturated heterocycles. The molecule has 1 heterocycles. The molecule has 2 aromatic rings. The average molecular weight is 340 g/mol. The summed E-state index contributed by atoms with van der Waals surface area (Å²) in [5.41, 5.74) is 3.91. The highest BCUT2D eigenvalue weighted by molar-refractivity contribution is 6.30. The van der Waals surface area contributed by atoms with Crippen LogP contribution in [-0.2, 0) is 12.8 Å². The molecule has 1 nitrogen and oxygen atoms in total. The van der Waals surface area contributed by atoms with Gasteiger partial charge in [-0.25, -0.2) is 0 Å². The molecule has 0 spiro atoms. The molecular formula is C22H26ClN. The van der Waals surface area contributed by atoms with Gasteiger partial charge in [-0.1, -0.05) is 42.0 Å². The fraction of sp³-hybridized carbons (Fsp3) is 0.409. The van der Waals surface area contributed by atoms with E-state index in [-0.39, 0.29) is 0 Å². The van der Waals surface area contributed by atoms with E-state index in [1.807, 2.05) is 12.1 Å². The highest BCUT2D eigenvalue weighted by Crippen LogP contribution is 2.36. The quantitative estimate of drug-likeness (QED) is 0.577. The van der Waals surface area contributed by atoms with Gasteiger partial charge in [-0.05, 0) is 86.6 Å². The molecule has 1 aliphatic carbocycles. The molecule has 1 aliphatic rings. The van der Waals surface area contributed by atoms with Crippen molar-refractivity contribution >= 4 is 11.6 Å². The molecule has 0 aliphatic heterocycles. The molecule has 0 atom stereocenters. The normalized spacial score (nSPS) is 21.2. The van der Waals surface area contributed by atoms with Crippen molar-refractivity contribution in [1.29, 1.82) is 0 Å². The maximum atomic E-state index is 5.93. The molecule has 1 aromatic carbocycles. The van der Waals surface area contributed by atoms with Crippen LogP contribution in [-0.4, -0.2) is 4.98 Å². The molecule has 24 heavy (non-hydrogen) atoms. The van der Waals surface area contributed by atoms with Gasteiger partial charge in [0.1, 0.15) is 0 Å². The smallest absolute Gasteiger partial charge is 0.0407 e. The summed E-state index contributed by atoms with van der Waals surface area (Å²) in [6.07, 6.45) is 13.9. The second-order valence-electron chi connectivity index (χ2n) is 6.85. The van der Waals surface area contributed by atoms with E-state index >= 15 is 0 Å². The van der Waals surface area contributed by atoms with Crippen molar-refractivity contribution in [1.82, 2.24) is 4.98 Å². The highest BCUT2D eigenvalue weighted by Gasteiger charge is 2.20. The van der Waals surface area contributed by atoms with E-state index in [1.54, 1.807) is 0 Å². The maximum absolute atomic E-state index is 5.93. The van der Waals surface area contributed by atoms with Crippen molar-refractivity contribution in [3.8, 4) is 0 Å². The lowest BCUT2D eigenvalue weighted by Crippen LogP contribution is -2.12. The Balaban J connectivity index is 1.53. The third-order valence-corrected chi connectivity index (χ3v) is 5.39. The maximum Gasteiger partial charge on any atom is 0.0407 e.